The smallest absolute Gasteiger partial charge is 0.322 e. The molecular weight excluding hydrogens is 401 g/mol. The summed E-state index contributed by atoms with van der Waals surface area (Å²) in [6.45, 7) is 0.684. The third-order valence-corrected chi connectivity index (χ3v) is 6.00. The van der Waals surface area contributed by atoms with Crippen LogP contribution in [0.5, 0.6) is 0 Å². The normalized spacial score (nSPS) is 27.2. The summed E-state index contributed by atoms with van der Waals surface area (Å²) in [6.07, 6.45) is -2.89. The number of hydrogen-bond donors (Lipinski definition) is 3. The van der Waals surface area contributed by atoms with E-state index in [4.69, 9.17) is 0 Å². The molecule has 3 aliphatic rings. The second-order valence-corrected chi connectivity index (χ2v) is 7.95. The van der Waals surface area contributed by atoms with Crippen molar-refractivity contribution in [1.82, 2.24) is 20.9 Å². The van der Waals surface area contributed by atoms with Gasteiger partial charge >= 0.3 is 6.18 Å². The SMILES string of the molecule is O=C1CCC(N2Cc3cccc(CN[C@H]4CCCN[C@H]4C(F)(F)F)c3C2=O)C(=O)N1. The first-order valence-electron chi connectivity index (χ1n) is 10.0. The maximum Gasteiger partial charge on any atom is 0.405 e. The zero-order valence-corrected chi connectivity index (χ0v) is 16.2. The standard InChI is InChI=1S/C20H23F3N4O3/c21-20(22,23)17-13(5-2-8-24-17)25-9-11-3-1-4-12-10-27(19(30)16(11)12)14-6-7-15(28)26-18(14)29/h1,3-4,13-14,17,24-25H,2,5-10H2,(H,26,28,29)/t13-,14?,17+/m0/s1. The highest BCUT2D eigenvalue weighted by atomic mass is 19.4. The molecule has 0 spiro atoms. The third-order valence-electron chi connectivity index (χ3n) is 6.00. The Bertz CT molecular complexity index is 873. The molecule has 162 valence electrons. The first-order valence-corrected chi connectivity index (χ1v) is 10.0. The van der Waals surface area contributed by atoms with Gasteiger partial charge in [0.2, 0.25) is 11.8 Å². The molecule has 1 unspecified atom stereocenters. The van der Waals surface area contributed by atoms with E-state index in [0.717, 1.165) is 5.56 Å². The van der Waals surface area contributed by atoms with Crippen molar-refractivity contribution in [2.45, 2.75) is 63.1 Å². The van der Waals surface area contributed by atoms with Crippen molar-refractivity contribution in [3.8, 4) is 0 Å². The highest BCUT2D eigenvalue weighted by molar-refractivity contribution is 6.05. The molecule has 0 bridgehead atoms. The predicted molar refractivity (Wildman–Crippen MR) is 100 cm³/mol. The average molecular weight is 424 g/mol. The maximum absolute atomic E-state index is 13.3. The Hall–Kier alpha value is -2.46. The van der Waals surface area contributed by atoms with Gasteiger partial charge in [-0.3, -0.25) is 19.7 Å². The number of fused-ring (bicyclic) bond motifs is 1. The Labute approximate surface area is 171 Å². The first kappa shape index (κ1) is 20.8. The van der Waals surface area contributed by atoms with Crippen molar-refractivity contribution in [1.29, 1.82) is 0 Å². The van der Waals surface area contributed by atoms with E-state index in [9.17, 15) is 27.6 Å². The number of piperidine rings is 2. The Kier molecular flexibility index (Phi) is 5.54. The molecular formula is C20H23F3N4O3. The molecule has 0 radical (unpaired) electrons. The molecule has 0 saturated carbocycles. The van der Waals surface area contributed by atoms with E-state index in [1.54, 1.807) is 18.2 Å². The third kappa shape index (κ3) is 3.93. The van der Waals surface area contributed by atoms with E-state index in [0.29, 0.717) is 30.5 Å². The minimum absolute atomic E-state index is 0.122. The van der Waals surface area contributed by atoms with Gasteiger partial charge in [0.15, 0.2) is 0 Å². The largest absolute Gasteiger partial charge is 0.405 e. The van der Waals surface area contributed by atoms with Crippen molar-refractivity contribution in [3.05, 3.63) is 34.9 Å². The van der Waals surface area contributed by atoms with Gasteiger partial charge in [0, 0.05) is 31.1 Å². The fourth-order valence-corrected chi connectivity index (χ4v) is 4.53. The lowest BCUT2D eigenvalue weighted by Crippen LogP contribution is -2.58. The van der Waals surface area contributed by atoms with Crippen LogP contribution in [0.2, 0.25) is 0 Å². The molecule has 1 aromatic carbocycles. The van der Waals surface area contributed by atoms with E-state index in [1.165, 1.54) is 4.90 Å². The lowest BCUT2D eigenvalue weighted by molar-refractivity contribution is -0.166. The van der Waals surface area contributed by atoms with Gasteiger partial charge in [0.25, 0.3) is 5.91 Å². The van der Waals surface area contributed by atoms with Crippen LogP contribution in [0.15, 0.2) is 18.2 Å². The Morgan fingerprint density at radius 1 is 1.17 bits per heavy atom. The Morgan fingerprint density at radius 3 is 2.70 bits per heavy atom. The average Bonchev–Trinajstić information content (AvgIpc) is 3.03. The number of rotatable bonds is 4. The van der Waals surface area contributed by atoms with Crippen molar-refractivity contribution in [3.63, 3.8) is 0 Å². The Balaban J connectivity index is 1.49. The number of benzene rings is 1. The molecule has 1 aromatic rings. The van der Waals surface area contributed by atoms with E-state index in [1.807, 2.05) is 0 Å². The second-order valence-electron chi connectivity index (χ2n) is 7.95. The number of carbonyl (C=O) groups is 3. The van der Waals surface area contributed by atoms with Crippen LogP contribution >= 0.6 is 0 Å². The molecule has 3 heterocycles. The molecule has 10 heteroatoms. The molecule has 3 aliphatic heterocycles. The summed E-state index contributed by atoms with van der Waals surface area (Å²) in [6, 6.07) is 2.13. The van der Waals surface area contributed by atoms with Gasteiger partial charge in [0.1, 0.15) is 12.1 Å². The molecule has 4 rings (SSSR count). The molecule has 7 nitrogen and oxygen atoms in total. The second kappa shape index (κ2) is 7.99. The maximum atomic E-state index is 13.3. The minimum atomic E-state index is -4.35. The van der Waals surface area contributed by atoms with Gasteiger partial charge in [-0.05, 0) is 36.9 Å². The van der Waals surface area contributed by atoms with Crippen molar-refractivity contribution >= 4 is 17.7 Å². The van der Waals surface area contributed by atoms with Crippen LogP contribution in [0.4, 0.5) is 13.2 Å². The number of carbonyl (C=O) groups excluding carboxylic acids is 3. The van der Waals surface area contributed by atoms with Crippen molar-refractivity contribution in [2.75, 3.05) is 6.54 Å². The highest BCUT2D eigenvalue weighted by Gasteiger charge is 2.46. The summed E-state index contributed by atoms with van der Waals surface area (Å²) in [5.74, 6) is -1.18. The number of imide groups is 1. The summed E-state index contributed by atoms with van der Waals surface area (Å²) in [5, 5.41) is 7.76. The van der Waals surface area contributed by atoms with Gasteiger partial charge in [-0.2, -0.15) is 13.2 Å². The fourth-order valence-electron chi connectivity index (χ4n) is 4.53. The fraction of sp³-hybridized carbons (Fsp3) is 0.550. The van der Waals surface area contributed by atoms with Crippen LogP contribution in [-0.2, 0) is 22.7 Å². The van der Waals surface area contributed by atoms with Gasteiger partial charge in [-0.25, -0.2) is 0 Å². The summed E-state index contributed by atoms with van der Waals surface area (Å²) < 4.78 is 39.9. The van der Waals surface area contributed by atoms with Gasteiger partial charge in [-0.1, -0.05) is 18.2 Å². The summed E-state index contributed by atoms with van der Waals surface area (Å²) >= 11 is 0. The first-order chi connectivity index (χ1) is 14.3. The summed E-state index contributed by atoms with van der Waals surface area (Å²) in [5.41, 5.74) is 1.78. The topological polar surface area (TPSA) is 90.5 Å². The quantitative estimate of drug-likeness (QED) is 0.633. The highest BCUT2D eigenvalue weighted by Crippen LogP contribution is 2.31. The number of alkyl halides is 3. The zero-order valence-electron chi connectivity index (χ0n) is 16.2. The molecule has 3 N–H and O–H groups in total. The number of nitrogens with one attached hydrogen (secondary N) is 3. The zero-order chi connectivity index (χ0) is 21.5. The molecule has 0 aliphatic carbocycles. The van der Waals surface area contributed by atoms with Crippen LogP contribution in [0.3, 0.4) is 0 Å². The van der Waals surface area contributed by atoms with Gasteiger partial charge in [-0.15, -0.1) is 0 Å². The number of hydrogen-bond acceptors (Lipinski definition) is 5. The van der Waals surface area contributed by atoms with E-state index in [-0.39, 0.29) is 37.7 Å². The lowest BCUT2D eigenvalue weighted by atomic mass is 9.96. The monoisotopic (exact) mass is 424 g/mol. The van der Waals surface area contributed by atoms with Crippen molar-refractivity contribution in [2.24, 2.45) is 0 Å². The van der Waals surface area contributed by atoms with Crippen molar-refractivity contribution < 1.29 is 27.6 Å². The van der Waals surface area contributed by atoms with E-state index < -0.39 is 30.2 Å². The van der Waals surface area contributed by atoms with E-state index >= 15 is 0 Å². The number of nitrogens with zero attached hydrogens (tertiary/aromatic N) is 1. The minimum Gasteiger partial charge on any atom is -0.322 e. The lowest BCUT2D eigenvalue weighted by Gasteiger charge is -2.34. The van der Waals surface area contributed by atoms with Crippen LogP contribution in [0, 0.1) is 0 Å². The molecule has 3 amide bonds. The van der Waals surface area contributed by atoms with Crippen LogP contribution in [0.1, 0.15) is 47.2 Å². The molecule has 0 aromatic heterocycles. The van der Waals surface area contributed by atoms with Crippen LogP contribution in [-0.4, -0.2) is 53.5 Å². The molecule has 2 fully saturated rings. The summed E-state index contributed by atoms with van der Waals surface area (Å²) in [7, 11) is 0. The van der Waals surface area contributed by atoms with Gasteiger partial charge < -0.3 is 15.5 Å². The molecule has 2 saturated heterocycles. The van der Waals surface area contributed by atoms with Crippen LogP contribution < -0.4 is 16.0 Å². The molecule has 3 atom stereocenters. The van der Waals surface area contributed by atoms with E-state index in [2.05, 4.69) is 16.0 Å². The molecule has 30 heavy (non-hydrogen) atoms. The number of amides is 3. The summed E-state index contributed by atoms with van der Waals surface area (Å²) in [4.78, 5) is 38.1. The predicted octanol–water partition coefficient (Wildman–Crippen LogP) is 1.22. The van der Waals surface area contributed by atoms with Crippen LogP contribution in [0.25, 0.3) is 0 Å². The van der Waals surface area contributed by atoms with Gasteiger partial charge in [0.05, 0.1) is 0 Å². The number of halogens is 3. The Morgan fingerprint density at radius 2 is 1.97 bits per heavy atom.